The number of furan rings is 2. The summed E-state index contributed by atoms with van der Waals surface area (Å²) in [6.45, 7) is 4.72. The van der Waals surface area contributed by atoms with Gasteiger partial charge in [0.15, 0.2) is 0 Å². The predicted molar refractivity (Wildman–Crippen MR) is 222 cm³/mol. The highest BCUT2D eigenvalue weighted by molar-refractivity contribution is 6.24. The molecule has 2 heterocycles. The van der Waals surface area contributed by atoms with Crippen LogP contribution in [0.1, 0.15) is 25.0 Å². The first-order valence-corrected chi connectivity index (χ1v) is 18.4. The molecule has 1 aliphatic carbocycles. The molecule has 0 spiro atoms. The Morgan fingerprint density at radius 2 is 0.943 bits per heavy atom. The average molecular weight is 677 g/mol. The van der Waals surface area contributed by atoms with E-state index in [1.165, 1.54) is 82.2 Å². The third kappa shape index (κ3) is 3.82. The van der Waals surface area contributed by atoms with Crippen LogP contribution in [0.3, 0.4) is 0 Å². The second-order valence-electron chi connectivity index (χ2n) is 15.2. The average Bonchev–Trinajstić information content (AvgIpc) is 3.84. The van der Waals surface area contributed by atoms with Crippen LogP contribution in [0, 0.1) is 0 Å². The number of fused-ring (bicyclic) bond motifs is 14. The van der Waals surface area contributed by atoms with Gasteiger partial charge >= 0.3 is 0 Å². The van der Waals surface area contributed by atoms with E-state index in [1.54, 1.807) is 0 Å². The molecule has 0 amide bonds. The van der Waals surface area contributed by atoms with Crippen molar-refractivity contribution < 1.29 is 8.83 Å². The van der Waals surface area contributed by atoms with E-state index in [4.69, 9.17) is 8.83 Å². The summed E-state index contributed by atoms with van der Waals surface area (Å²) in [7, 11) is 0. The van der Waals surface area contributed by atoms with E-state index < -0.39 is 0 Å². The van der Waals surface area contributed by atoms with Crippen molar-refractivity contribution in [1.29, 1.82) is 0 Å². The molecular formula is C51H32O2. The Hall–Kier alpha value is -6.64. The van der Waals surface area contributed by atoms with Gasteiger partial charge in [0.2, 0.25) is 0 Å². The van der Waals surface area contributed by atoms with Gasteiger partial charge in [0, 0.05) is 32.3 Å². The van der Waals surface area contributed by atoms with Crippen molar-refractivity contribution in [3.8, 4) is 33.4 Å². The van der Waals surface area contributed by atoms with Gasteiger partial charge in [-0.1, -0.05) is 135 Å². The Labute approximate surface area is 305 Å². The summed E-state index contributed by atoms with van der Waals surface area (Å²) in [4.78, 5) is 0. The molecule has 53 heavy (non-hydrogen) atoms. The van der Waals surface area contributed by atoms with Gasteiger partial charge in [0.05, 0.1) is 0 Å². The number of benzene rings is 9. The summed E-state index contributed by atoms with van der Waals surface area (Å²) in [5.74, 6) is 0. The van der Waals surface area contributed by atoms with E-state index in [0.717, 1.165) is 38.5 Å². The summed E-state index contributed by atoms with van der Waals surface area (Å²) in [5.41, 5.74) is 13.8. The standard InChI is InChI=1S/C51H32O2/c1-51(2)41-23-20-30(28-40(41)48-42(51)24-26-45-49(48)38-22-19-29-11-3-4-12-32(29)50(38)53-45)46-34-14-5-7-16-36(34)47(37-17-8-6-15-35(37)46)31-21-25-44-39(27-31)33-13-9-10-18-43(33)52-44/h3-28H,1-2H3. The van der Waals surface area contributed by atoms with E-state index in [1.807, 2.05) is 12.1 Å². The third-order valence-electron chi connectivity index (χ3n) is 12.0. The number of hydrogen-bond acceptors (Lipinski definition) is 2. The molecule has 2 nitrogen and oxygen atoms in total. The predicted octanol–water partition coefficient (Wildman–Crippen LogP) is 14.6. The molecule has 1 aliphatic rings. The maximum atomic E-state index is 6.70. The van der Waals surface area contributed by atoms with Crippen molar-refractivity contribution in [1.82, 2.24) is 0 Å². The summed E-state index contributed by atoms with van der Waals surface area (Å²) in [5, 5.41) is 12.0. The maximum absolute atomic E-state index is 6.70. The lowest BCUT2D eigenvalue weighted by atomic mass is 9.81. The van der Waals surface area contributed by atoms with Crippen LogP contribution >= 0.6 is 0 Å². The van der Waals surface area contributed by atoms with Crippen LogP contribution < -0.4 is 0 Å². The minimum Gasteiger partial charge on any atom is -0.456 e. The highest BCUT2D eigenvalue weighted by atomic mass is 16.3. The first kappa shape index (κ1) is 29.0. The van der Waals surface area contributed by atoms with E-state index in [9.17, 15) is 0 Å². The van der Waals surface area contributed by atoms with Crippen LogP contribution in [0.25, 0.3) is 110 Å². The van der Waals surface area contributed by atoms with Gasteiger partial charge in [-0.15, -0.1) is 0 Å². The molecular weight excluding hydrogens is 645 g/mol. The smallest absolute Gasteiger partial charge is 0.143 e. The number of rotatable bonds is 2. The topological polar surface area (TPSA) is 26.3 Å². The highest BCUT2D eigenvalue weighted by Gasteiger charge is 2.38. The molecule has 0 atom stereocenters. The normalized spacial score (nSPS) is 13.6. The molecule has 0 N–H and O–H groups in total. The lowest BCUT2D eigenvalue weighted by Crippen LogP contribution is -2.14. The molecule has 0 fully saturated rings. The number of para-hydroxylation sites is 1. The molecule has 11 aromatic rings. The lowest BCUT2D eigenvalue weighted by Gasteiger charge is -2.22. The van der Waals surface area contributed by atoms with Crippen LogP contribution in [0.4, 0.5) is 0 Å². The van der Waals surface area contributed by atoms with Crippen molar-refractivity contribution in [2.45, 2.75) is 19.3 Å². The molecule has 9 aromatic carbocycles. The van der Waals surface area contributed by atoms with E-state index in [0.29, 0.717) is 0 Å². The molecule has 12 rings (SSSR count). The van der Waals surface area contributed by atoms with Crippen LogP contribution in [0.5, 0.6) is 0 Å². The first-order valence-electron chi connectivity index (χ1n) is 18.4. The van der Waals surface area contributed by atoms with E-state index in [-0.39, 0.29) is 5.41 Å². The molecule has 0 radical (unpaired) electrons. The van der Waals surface area contributed by atoms with Gasteiger partial charge < -0.3 is 8.83 Å². The molecule has 0 aliphatic heterocycles. The van der Waals surface area contributed by atoms with Crippen molar-refractivity contribution in [3.63, 3.8) is 0 Å². The Balaban J connectivity index is 1.14. The maximum Gasteiger partial charge on any atom is 0.143 e. The Bertz CT molecular complexity index is 3310. The summed E-state index contributed by atoms with van der Waals surface area (Å²) >= 11 is 0. The summed E-state index contributed by atoms with van der Waals surface area (Å²) in [6, 6.07) is 57.5. The van der Waals surface area contributed by atoms with Crippen LogP contribution in [0.15, 0.2) is 167 Å². The molecule has 2 heteroatoms. The van der Waals surface area contributed by atoms with Gasteiger partial charge in [0.25, 0.3) is 0 Å². The quantitative estimate of drug-likeness (QED) is 0.170. The van der Waals surface area contributed by atoms with Crippen molar-refractivity contribution in [2.75, 3.05) is 0 Å². The minimum absolute atomic E-state index is 0.151. The number of hydrogen-bond donors (Lipinski definition) is 0. The lowest BCUT2D eigenvalue weighted by molar-refractivity contribution is 0.657. The van der Waals surface area contributed by atoms with E-state index in [2.05, 4.69) is 159 Å². The van der Waals surface area contributed by atoms with Crippen LogP contribution in [0.2, 0.25) is 0 Å². The van der Waals surface area contributed by atoms with E-state index >= 15 is 0 Å². The monoisotopic (exact) mass is 676 g/mol. The van der Waals surface area contributed by atoms with Crippen LogP contribution in [-0.2, 0) is 5.41 Å². The van der Waals surface area contributed by atoms with Crippen LogP contribution in [-0.4, -0.2) is 0 Å². The Morgan fingerprint density at radius 3 is 1.68 bits per heavy atom. The molecule has 0 saturated heterocycles. The van der Waals surface area contributed by atoms with Gasteiger partial charge in [-0.2, -0.15) is 0 Å². The van der Waals surface area contributed by atoms with Crippen molar-refractivity contribution in [2.24, 2.45) is 0 Å². The first-order chi connectivity index (χ1) is 26.0. The second kappa shape index (κ2) is 10.2. The van der Waals surface area contributed by atoms with Gasteiger partial charge in [-0.3, -0.25) is 0 Å². The van der Waals surface area contributed by atoms with Gasteiger partial charge in [0.1, 0.15) is 22.3 Å². The molecule has 0 bridgehead atoms. The Morgan fingerprint density at radius 1 is 0.377 bits per heavy atom. The van der Waals surface area contributed by atoms with Gasteiger partial charge in [-0.25, -0.2) is 0 Å². The third-order valence-corrected chi connectivity index (χ3v) is 12.0. The second-order valence-corrected chi connectivity index (χ2v) is 15.2. The zero-order chi connectivity index (χ0) is 35.0. The SMILES string of the molecule is CC1(C)c2ccc(-c3c4ccccc4c(-c4ccc5oc6ccccc6c5c4)c4ccccc34)cc2-c2c1ccc1oc3c4ccccc4ccc3c21. The van der Waals surface area contributed by atoms with Crippen molar-refractivity contribution >= 4 is 76.2 Å². The fraction of sp³-hybridized carbons (Fsp3) is 0.0588. The molecule has 2 aromatic heterocycles. The summed E-state index contributed by atoms with van der Waals surface area (Å²) < 4.78 is 12.9. The Kier molecular flexibility index (Phi) is 5.60. The zero-order valence-corrected chi connectivity index (χ0v) is 29.3. The van der Waals surface area contributed by atoms with Crippen molar-refractivity contribution in [3.05, 3.63) is 169 Å². The largest absolute Gasteiger partial charge is 0.456 e. The fourth-order valence-electron chi connectivity index (χ4n) is 9.63. The highest BCUT2D eigenvalue weighted by Crippen LogP contribution is 2.55. The molecule has 248 valence electrons. The summed E-state index contributed by atoms with van der Waals surface area (Å²) in [6.07, 6.45) is 0. The molecule has 0 saturated carbocycles. The fourth-order valence-corrected chi connectivity index (χ4v) is 9.63. The molecule has 0 unspecified atom stereocenters. The minimum atomic E-state index is -0.151. The van der Waals surface area contributed by atoms with Gasteiger partial charge in [-0.05, 0) is 108 Å². The zero-order valence-electron chi connectivity index (χ0n) is 29.3.